The topological polar surface area (TPSA) is 29.0 Å². The lowest BCUT2D eigenvalue weighted by molar-refractivity contribution is 0.428. The third-order valence-electron chi connectivity index (χ3n) is 3.11. The zero-order valence-electron chi connectivity index (χ0n) is 9.69. The first-order chi connectivity index (χ1) is 7.81. The Bertz CT molecular complexity index is 324. The van der Waals surface area contributed by atoms with Gasteiger partial charge in [0.1, 0.15) is 0 Å². The second-order valence-corrected chi connectivity index (χ2v) is 5.58. The molecule has 1 saturated heterocycles. The smallest absolute Gasteiger partial charge is 0.225 e. The molecule has 1 fully saturated rings. The number of nitrogens with zero attached hydrogens (tertiary/aromatic N) is 3. The van der Waals surface area contributed by atoms with E-state index in [0.29, 0.717) is 6.04 Å². The standard InChI is InChI=1S/C12H18IN3/c1-2-5-11-6-3-4-7-16(11)12-14-8-10(13)9-15-12/h8-9,11H,2-7H2,1H3. The molecule has 0 N–H and O–H groups in total. The Morgan fingerprint density at radius 1 is 1.38 bits per heavy atom. The Kier molecular flexibility index (Phi) is 4.37. The van der Waals surface area contributed by atoms with Crippen molar-refractivity contribution in [1.29, 1.82) is 0 Å². The van der Waals surface area contributed by atoms with E-state index in [4.69, 9.17) is 0 Å². The lowest BCUT2D eigenvalue weighted by atomic mass is 9.99. The van der Waals surface area contributed by atoms with Crippen molar-refractivity contribution in [3.8, 4) is 0 Å². The number of anilines is 1. The minimum atomic E-state index is 0.652. The van der Waals surface area contributed by atoms with Gasteiger partial charge in [0.25, 0.3) is 0 Å². The Labute approximate surface area is 111 Å². The molecule has 0 saturated carbocycles. The van der Waals surface area contributed by atoms with E-state index in [1.807, 2.05) is 12.4 Å². The molecule has 4 heteroatoms. The molecule has 3 nitrogen and oxygen atoms in total. The van der Waals surface area contributed by atoms with Crippen molar-refractivity contribution in [2.24, 2.45) is 0 Å². The monoisotopic (exact) mass is 331 g/mol. The molecule has 0 radical (unpaired) electrons. The number of rotatable bonds is 3. The Balaban J connectivity index is 2.13. The second-order valence-electron chi connectivity index (χ2n) is 4.33. The molecule has 0 aromatic carbocycles. The van der Waals surface area contributed by atoms with E-state index in [9.17, 15) is 0 Å². The van der Waals surface area contributed by atoms with Gasteiger partial charge in [-0.1, -0.05) is 13.3 Å². The van der Waals surface area contributed by atoms with Crippen molar-refractivity contribution in [2.75, 3.05) is 11.4 Å². The van der Waals surface area contributed by atoms with Crippen LogP contribution in [0.1, 0.15) is 39.0 Å². The Morgan fingerprint density at radius 3 is 2.81 bits per heavy atom. The number of hydrogen-bond acceptors (Lipinski definition) is 3. The molecule has 1 unspecified atom stereocenters. The summed E-state index contributed by atoms with van der Waals surface area (Å²) in [4.78, 5) is 11.3. The molecular formula is C12H18IN3. The van der Waals surface area contributed by atoms with Crippen LogP contribution in [0, 0.1) is 3.57 Å². The Morgan fingerprint density at radius 2 is 2.12 bits per heavy atom. The summed E-state index contributed by atoms with van der Waals surface area (Å²) < 4.78 is 1.10. The van der Waals surface area contributed by atoms with Crippen LogP contribution in [-0.4, -0.2) is 22.6 Å². The summed E-state index contributed by atoms with van der Waals surface area (Å²) in [6.07, 6.45) is 10.2. The summed E-state index contributed by atoms with van der Waals surface area (Å²) in [6.45, 7) is 3.37. The van der Waals surface area contributed by atoms with Gasteiger partial charge in [-0.15, -0.1) is 0 Å². The fraction of sp³-hybridized carbons (Fsp3) is 0.667. The normalized spacial score (nSPS) is 21.1. The minimum Gasteiger partial charge on any atom is -0.338 e. The van der Waals surface area contributed by atoms with Crippen LogP contribution in [0.15, 0.2) is 12.4 Å². The van der Waals surface area contributed by atoms with Crippen LogP contribution in [0.3, 0.4) is 0 Å². The lowest BCUT2D eigenvalue weighted by Crippen LogP contribution is -2.40. The van der Waals surface area contributed by atoms with E-state index in [2.05, 4.69) is 44.4 Å². The number of piperidine rings is 1. The first-order valence-corrected chi connectivity index (χ1v) is 7.13. The molecule has 0 bridgehead atoms. The molecule has 88 valence electrons. The van der Waals surface area contributed by atoms with Crippen LogP contribution in [0.2, 0.25) is 0 Å². The van der Waals surface area contributed by atoms with Crippen LogP contribution in [-0.2, 0) is 0 Å². The second kappa shape index (κ2) is 5.80. The maximum absolute atomic E-state index is 4.44. The summed E-state index contributed by atoms with van der Waals surface area (Å²) in [5.74, 6) is 0.915. The maximum Gasteiger partial charge on any atom is 0.225 e. The van der Waals surface area contributed by atoms with Crippen molar-refractivity contribution in [2.45, 2.75) is 45.1 Å². The summed E-state index contributed by atoms with van der Waals surface area (Å²) in [5, 5.41) is 0. The van der Waals surface area contributed by atoms with Crippen LogP contribution < -0.4 is 4.90 Å². The van der Waals surface area contributed by atoms with Crippen LogP contribution in [0.4, 0.5) is 5.95 Å². The molecule has 1 aromatic rings. The van der Waals surface area contributed by atoms with Gasteiger partial charge < -0.3 is 4.90 Å². The molecule has 0 aliphatic carbocycles. The lowest BCUT2D eigenvalue weighted by Gasteiger charge is -2.35. The number of hydrogen-bond donors (Lipinski definition) is 0. The van der Waals surface area contributed by atoms with Crippen molar-refractivity contribution >= 4 is 28.5 Å². The maximum atomic E-state index is 4.44. The summed E-state index contributed by atoms with van der Waals surface area (Å²) in [7, 11) is 0. The average molecular weight is 331 g/mol. The van der Waals surface area contributed by atoms with Gasteiger partial charge in [-0.3, -0.25) is 0 Å². The predicted molar refractivity (Wildman–Crippen MR) is 74.6 cm³/mol. The number of aromatic nitrogens is 2. The molecule has 0 spiro atoms. The fourth-order valence-electron chi connectivity index (χ4n) is 2.35. The molecule has 1 aliphatic rings. The zero-order chi connectivity index (χ0) is 11.4. The SMILES string of the molecule is CCCC1CCCCN1c1ncc(I)cn1. The zero-order valence-corrected chi connectivity index (χ0v) is 11.9. The van der Waals surface area contributed by atoms with Crippen LogP contribution in [0.25, 0.3) is 0 Å². The highest BCUT2D eigenvalue weighted by Crippen LogP contribution is 2.24. The van der Waals surface area contributed by atoms with E-state index < -0.39 is 0 Å². The number of halogens is 1. The predicted octanol–water partition coefficient (Wildman–Crippen LogP) is 3.24. The largest absolute Gasteiger partial charge is 0.338 e. The average Bonchev–Trinajstić information content (AvgIpc) is 2.32. The van der Waals surface area contributed by atoms with Crippen LogP contribution in [0.5, 0.6) is 0 Å². The molecule has 16 heavy (non-hydrogen) atoms. The van der Waals surface area contributed by atoms with Crippen molar-refractivity contribution in [3.63, 3.8) is 0 Å². The summed E-state index contributed by atoms with van der Waals surface area (Å²) in [5.41, 5.74) is 0. The molecule has 2 rings (SSSR count). The molecule has 2 heterocycles. The van der Waals surface area contributed by atoms with Gasteiger partial charge in [0.05, 0.1) is 0 Å². The van der Waals surface area contributed by atoms with E-state index in [1.165, 1.54) is 32.1 Å². The van der Waals surface area contributed by atoms with Gasteiger partial charge in [-0.25, -0.2) is 9.97 Å². The highest BCUT2D eigenvalue weighted by Gasteiger charge is 2.23. The minimum absolute atomic E-state index is 0.652. The summed E-state index contributed by atoms with van der Waals surface area (Å²) in [6, 6.07) is 0.652. The first-order valence-electron chi connectivity index (χ1n) is 6.05. The van der Waals surface area contributed by atoms with Gasteiger partial charge in [-0.05, 0) is 48.3 Å². The highest BCUT2D eigenvalue weighted by molar-refractivity contribution is 14.1. The van der Waals surface area contributed by atoms with E-state index in [0.717, 1.165) is 16.1 Å². The fourth-order valence-corrected chi connectivity index (χ4v) is 2.63. The van der Waals surface area contributed by atoms with E-state index >= 15 is 0 Å². The molecule has 0 amide bonds. The third kappa shape index (κ3) is 2.84. The van der Waals surface area contributed by atoms with Crippen molar-refractivity contribution in [1.82, 2.24) is 9.97 Å². The van der Waals surface area contributed by atoms with Crippen molar-refractivity contribution < 1.29 is 0 Å². The molecule has 1 atom stereocenters. The first kappa shape index (κ1) is 12.1. The molecule has 1 aliphatic heterocycles. The Hall–Kier alpha value is -0.390. The molecular weight excluding hydrogens is 313 g/mol. The van der Waals surface area contributed by atoms with E-state index in [1.54, 1.807) is 0 Å². The van der Waals surface area contributed by atoms with Gasteiger partial charge >= 0.3 is 0 Å². The third-order valence-corrected chi connectivity index (χ3v) is 3.67. The quantitative estimate of drug-likeness (QED) is 0.797. The van der Waals surface area contributed by atoms with Crippen molar-refractivity contribution in [3.05, 3.63) is 16.0 Å². The van der Waals surface area contributed by atoms with Gasteiger partial charge in [0.15, 0.2) is 0 Å². The molecule has 1 aromatic heterocycles. The van der Waals surface area contributed by atoms with Gasteiger partial charge in [0, 0.05) is 28.6 Å². The highest BCUT2D eigenvalue weighted by atomic mass is 127. The summed E-state index contributed by atoms with van der Waals surface area (Å²) >= 11 is 2.25. The van der Waals surface area contributed by atoms with E-state index in [-0.39, 0.29) is 0 Å². The van der Waals surface area contributed by atoms with Gasteiger partial charge in [0.2, 0.25) is 5.95 Å². The van der Waals surface area contributed by atoms with Gasteiger partial charge in [-0.2, -0.15) is 0 Å². The van der Waals surface area contributed by atoms with Crippen LogP contribution >= 0.6 is 22.6 Å².